The number of aryl methyl sites for hydroxylation is 1. The molecule has 2 heteroatoms. The van der Waals surface area contributed by atoms with Gasteiger partial charge >= 0.3 is 0 Å². The van der Waals surface area contributed by atoms with Crippen molar-refractivity contribution >= 4 is 0 Å². The van der Waals surface area contributed by atoms with Crippen LogP contribution in [-0.4, -0.2) is 11.7 Å². The average molecular weight is 182 g/mol. The molecule has 13 heavy (non-hydrogen) atoms. The fraction of sp³-hybridized carbons (Fsp3) is 0.636. The summed E-state index contributed by atoms with van der Waals surface area (Å²) in [5.74, 6) is 1.23. The first-order chi connectivity index (χ1) is 6.27. The fourth-order valence-corrected chi connectivity index (χ4v) is 1.24. The summed E-state index contributed by atoms with van der Waals surface area (Å²) in [5.41, 5.74) is 1.11. The van der Waals surface area contributed by atoms with E-state index in [-0.39, 0.29) is 12.5 Å². The summed E-state index contributed by atoms with van der Waals surface area (Å²) >= 11 is 0. The van der Waals surface area contributed by atoms with Gasteiger partial charge in [-0.05, 0) is 18.1 Å². The zero-order valence-electron chi connectivity index (χ0n) is 8.42. The SMILES string of the molecule is CCCCc1cc(C(C)CO)co1. The monoisotopic (exact) mass is 182 g/mol. The molecule has 74 valence electrons. The zero-order chi connectivity index (χ0) is 9.68. The lowest BCUT2D eigenvalue weighted by Gasteiger charge is -2.01. The lowest BCUT2D eigenvalue weighted by atomic mass is 10.1. The van der Waals surface area contributed by atoms with Crippen LogP contribution in [0.3, 0.4) is 0 Å². The van der Waals surface area contributed by atoms with Crippen molar-refractivity contribution in [1.82, 2.24) is 0 Å². The Morgan fingerprint density at radius 3 is 2.92 bits per heavy atom. The summed E-state index contributed by atoms with van der Waals surface area (Å²) in [5, 5.41) is 8.93. The highest BCUT2D eigenvalue weighted by Crippen LogP contribution is 2.18. The van der Waals surface area contributed by atoms with Crippen LogP contribution in [0.5, 0.6) is 0 Å². The number of aliphatic hydroxyl groups excluding tert-OH is 1. The Labute approximate surface area is 79.6 Å². The minimum absolute atomic E-state index is 0.187. The molecule has 0 aromatic carbocycles. The zero-order valence-corrected chi connectivity index (χ0v) is 8.42. The molecular formula is C11H18O2. The molecule has 0 aliphatic rings. The smallest absolute Gasteiger partial charge is 0.104 e. The van der Waals surface area contributed by atoms with Gasteiger partial charge in [0.25, 0.3) is 0 Å². The second-order valence-corrected chi connectivity index (χ2v) is 3.53. The van der Waals surface area contributed by atoms with Gasteiger partial charge in [-0.2, -0.15) is 0 Å². The summed E-state index contributed by atoms with van der Waals surface area (Å²) in [6.07, 6.45) is 5.12. The average Bonchev–Trinajstić information content (AvgIpc) is 2.62. The van der Waals surface area contributed by atoms with Crippen LogP contribution in [0.15, 0.2) is 16.7 Å². The third-order valence-electron chi connectivity index (χ3n) is 2.29. The molecule has 1 heterocycles. The number of aliphatic hydroxyl groups is 1. The van der Waals surface area contributed by atoms with Crippen LogP contribution in [-0.2, 0) is 6.42 Å². The van der Waals surface area contributed by atoms with Gasteiger partial charge in [-0.1, -0.05) is 20.3 Å². The normalized spacial score (nSPS) is 13.2. The van der Waals surface area contributed by atoms with Gasteiger partial charge in [0.2, 0.25) is 0 Å². The topological polar surface area (TPSA) is 33.4 Å². The summed E-state index contributed by atoms with van der Waals surface area (Å²) in [4.78, 5) is 0. The molecule has 0 bridgehead atoms. The third kappa shape index (κ3) is 2.88. The van der Waals surface area contributed by atoms with Crippen molar-refractivity contribution in [2.24, 2.45) is 0 Å². The van der Waals surface area contributed by atoms with Gasteiger partial charge in [-0.15, -0.1) is 0 Å². The minimum atomic E-state index is 0.187. The maximum absolute atomic E-state index is 8.93. The van der Waals surface area contributed by atoms with Gasteiger partial charge in [0.15, 0.2) is 0 Å². The van der Waals surface area contributed by atoms with Gasteiger partial charge in [0.05, 0.1) is 6.26 Å². The van der Waals surface area contributed by atoms with E-state index >= 15 is 0 Å². The highest BCUT2D eigenvalue weighted by atomic mass is 16.3. The van der Waals surface area contributed by atoms with Crippen molar-refractivity contribution in [3.63, 3.8) is 0 Å². The number of hydrogen-bond acceptors (Lipinski definition) is 2. The Hall–Kier alpha value is -0.760. The minimum Gasteiger partial charge on any atom is -0.469 e. The number of furan rings is 1. The molecule has 0 spiro atoms. The van der Waals surface area contributed by atoms with Crippen molar-refractivity contribution in [3.05, 3.63) is 23.7 Å². The molecule has 1 atom stereocenters. The summed E-state index contributed by atoms with van der Waals surface area (Å²) < 4.78 is 5.38. The van der Waals surface area contributed by atoms with Gasteiger partial charge in [-0.25, -0.2) is 0 Å². The molecule has 1 unspecified atom stereocenters. The fourth-order valence-electron chi connectivity index (χ4n) is 1.24. The van der Waals surface area contributed by atoms with E-state index < -0.39 is 0 Å². The molecule has 1 aromatic heterocycles. The molecule has 2 nitrogen and oxygen atoms in total. The Morgan fingerprint density at radius 1 is 1.54 bits per heavy atom. The summed E-state index contributed by atoms with van der Waals surface area (Å²) in [6.45, 7) is 4.35. The summed E-state index contributed by atoms with van der Waals surface area (Å²) in [6, 6.07) is 2.05. The molecule has 0 radical (unpaired) electrons. The number of hydrogen-bond donors (Lipinski definition) is 1. The van der Waals surface area contributed by atoms with E-state index in [1.807, 2.05) is 6.92 Å². The molecule has 0 aliphatic carbocycles. The molecule has 0 aliphatic heterocycles. The Morgan fingerprint density at radius 2 is 2.31 bits per heavy atom. The van der Waals surface area contributed by atoms with Crippen LogP contribution >= 0.6 is 0 Å². The van der Waals surface area contributed by atoms with Crippen LogP contribution < -0.4 is 0 Å². The molecule has 0 amide bonds. The summed E-state index contributed by atoms with van der Waals surface area (Å²) in [7, 11) is 0. The van der Waals surface area contributed by atoms with Crippen molar-refractivity contribution < 1.29 is 9.52 Å². The largest absolute Gasteiger partial charge is 0.469 e. The van der Waals surface area contributed by atoms with Crippen LogP contribution in [0.4, 0.5) is 0 Å². The molecule has 0 saturated carbocycles. The standard InChI is InChI=1S/C11H18O2/c1-3-4-5-11-6-10(8-13-11)9(2)7-12/h6,8-9,12H,3-5,7H2,1-2H3. The van der Waals surface area contributed by atoms with E-state index in [1.54, 1.807) is 6.26 Å². The van der Waals surface area contributed by atoms with E-state index in [0.717, 1.165) is 17.7 Å². The van der Waals surface area contributed by atoms with Crippen LogP contribution in [0.1, 0.15) is 43.9 Å². The van der Waals surface area contributed by atoms with Crippen LogP contribution in [0.25, 0.3) is 0 Å². The van der Waals surface area contributed by atoms with Gasteiger partial charge in [0.1, 0.15) is 5.76 Å². The second-order valence-electron chi connectivity index (χ2n) is 3.53. The maximum atomic E-state index is 8.93. The van der Waals surface area contributed by atoms with E-state index in [9.17, 15) is 0 Å². The predicted molar refractivity (Wildman–Crippen MR) is 52.8 cm³/mol. The van der Waals surface area contributed by atoms with Crippen LogP contribution in [0, 0.1) is 0 Å². The molecule has 1 aromatic rings. The predicted octanol–water partition coefficient (Wildman–Crippen LogP) is 2.72. The maximum Gasteiger partial charge on any atom is 0.104 e. The van der Waals surface area contributed by atoms with E-state index in [0.29, 0.717) is 0 Å². The van der Waals surface area contributed by atoms with Crippen molar-refractivity contribution in [2.75, 3.05) is 6.61 Å². The van der Waals surface area contributed by atoms with Crippen LogP contribution in [0.2, 0.25) is 0 Å². The van der Waals surface area contributed by atoms with Gasteiger partial charge in [0, 0.05) is 18.9 Å². The van der Waals surface area contributed by atoms with E-state index in [2.05, 4.69) is 13.0 Å². The number of rotatable bonds is 5. The second kappa shape index (κ2) is 5.07. The molecular weight excluding hydrogens is 164 g/mol. The van der Waals surface area contributed by atoms with Crippen molar-refractivity contribution in [1.29, 1.82) is 0 Å². The quantitative estimate of drug-likeness (QED) is 0.759. The highest BCUT2D eigenvalue weighted by molar-refractivity contribution is 5.17. The Kier molecular flexibility index (Phi) is 4.03. The van der Waals surface area contributed by atoms with E-state index in [1.165, 1.54) is 12.8 Å². The molecule has 0 fully saturated rings. The van der Waals surface area contributed by atoms with E-state index in [4.69, 9.17) is 9.52 Å². The first-order valence-electron chi connectivity index (χ1n) is 4.96. The third-order valence-corrected chi connectivity index (χ3v) is 2.29. The Bertz CT molecular complexity index is 240. The lowest BCUT2D eigenvalue weighted by Crippen LogP contribution is -1.96. The first kappa shape index (κ1) is 10.3. The van der Waals surface area contributed by atoms with Gasteiger partial charge < -0.3 is 9.52 Å². The first-order valence-corrected chi connectivity index (χ1v) is 4.96. The lowest BCUT2D eigenvalue weighted by molar-refractivity contribution is 0.272. The Balaban J connectivity index is 2.53. The van der Waals surface area contributed by atoms with Gasteiger partial charge in [-0.3, -0.25) is 0 Å². The highest BCUT2D eigenvalue weighted by Gasteiger charge is 2.07. The molecule has 1 N–H and O–H groups in total. The number of unbranched alkanes of at least 4 members (excludes halogenated alkanes) is 1. The molecule has 0 saturated heterocycles. The van der Waals surface area contributed by atoms with Crippen molar-refractivity contribution in [3.8, 4) is 0 Å². The molecule has 1 rings (SSSR count). The van der Waals surface area contributed by atoms with Crippen molar-refractivity contribution in [2.45, 2.75) is 39.0 Å².